The number of carbonyl (C=O) groups excluding carboxylic acids is 1. The van der Waals surface area contributed by atoms with Crippen LogP contribution >= 0.6 is 27.5 Å². The molecule has 0 aliphatic carbocycles. The van der Waals surface area contributed by atoms with Gasteiger partial charge in [-0.25, -0.2) is 4.79 Å². The second-order valence-corrected chi connectivity index (χ2v) is 3.88. The molecule has 76 valence electrons. The quantitative estimate of drug-likeness (QED) is 0.845. The van der Waals surface area contributed by atoms with Crippen LogP contribution in [0.4, 0.5) is 0 Å². The maximum absolute atomic E-state index is 11.0. The van der Waals surface area contributed by atoms with Gasteiger partial charge < -0.3 is 9.84 Å². The summed E-state index contributed by atoms with van der Waals surface area (Å²) in [6, 6.07) is 4.82. The third-order valence-electron chi connectivity index (χ3n) is 1.68. The van der Waals surface area contributed by atoms with Crippen LogP contribution in [-0.4, -0.2) is 18.2 Å². The summed E-state index contributed by atoms with van der Waals surface area (Å²) in [5, 5.41) is 9.98. The number of ether oxygens (including phenoxy) is 1. The molecule has 3 nitrogen and oxygen atoms in total. The van der Waals surface area contributed by atoms with Gasteiger partial charge in [0, 0.05) is 15.1 Å². The average molecular weight is 280 g/mol. The SMILES string of the molecule is COC(=O)[C@H](O)c1cc(Cl)ccc1Br. The number of esters is 1. The summed E-state index contributed by atoms with van der Waals surface area (Å²) in [4.78, 5) is 11.0. The number of hydrogen-bond acceptors (Lipinski definition) is 3. The molecular formula is C9H8BrClO3. The van der Waals surface area contributed by atoms with Crippen LogP contribution in [0.25, 0.3) is 0 Å². The minimum atomic E-state index is -1.31. The normalized spacial score (nSPS) is 12.3. The first-order chi connectivity index (χ1) is 6.56. The fraction of sp³-hybridized carbons (Fsp3) is 0.222. The molecule has 0 saturated heterocycles. The fourth-order valence-electron chi connectivity index (χ4n) is 0.963. The van der Waals surface area contributed by atoms with Crippen LogP contribution in [-0.2, 0) is 9.53 Å². The van der Waals surface area contributed by atoms with E-state index in [-0.39, 0.29) is 0 Å². The maximum atomic E-state index is 11.0. The Hall–Kier alpha value is -0.580. The van der Waals surface area contributed by atoms with Crippen LogP contribution in [0, 0.1) is 0 Å². The molecule has 0 spiro atoms. The van der Waals surface area contributed by atoms with E-state index in [2.05, 4.69) is 20.7 Å². The van der Waals surface area contributed by atoms with E-state index in [0.29, 0.717) is 15.1 Å². The first-order valence-electron chi connectivity index (χ1n) is 3.77. The summed E-state index contributed by atoms with van der Waals surface area (Å²) in [6.45, 7) is 0. The summed E-state index contributed by atoms with van der Waals surface area (Å²) >= 11 is 8.93. The molecule has 0 radical (unpaired) electrons. The second-order valence-electron chi connectivity index (χ2n) is 2.59. The van der Waals surface area contributed by atoms with E-state index >= 15 is 0 Å². The molecule has 1 N–H and O–H groups in total. The molecule has 1 rings (SSSR count). The summed E-state index contributed by atoms with van der Waals surface area (Å²) in [5.74, 6) is -0.715. The van der Waals surface area contributed by atoms with Gasteiger partial charge >= 0.3 is 5.97 Å². The molecule has 5 heteroatoms. The number of aliphatic hydroxyl groups excluding tert-OH is 1. The largest absolute Gasteiger partial charge is 0.467 e. The monoisotopic (exact) mass is 278 g/mol. The molecule has 1 atom stereocenters. The van der Waals surface area contributed by atoms with Crippen molar-refractivity contribution in [2.75, 3.05) is 7.11 Å². The van der Waals surface area contributed by atoms with E-state index in [1.54, 1.807) is 12.1 Å². The Morgan fingerprint density at radius 1 is 1.64 bits per heavy atom. The number of carbonyl (C=O) groups is 1. The molecule has 0 amide bonds. The predicted molar refractivity (Wildman–Crippen MR) is 56.1 cm³/mol. The number of rotatable bonds is 2. The summed E-state index contributed by atoms with van der Waals surface area (Å²) in [7, 11) is 1.21. The number of halogens is 2. The average Bonchev–Trinajstić information content (AvgIpc) is 2.19. The zero-order valence-corrected chi connectivity index (χ0v) is 9.67. The van der Waals surface area contributed by atoms with Crippen LogP contribution in [0.3, 0.4) is 0 Å². The fourth-order valence-corrected chi connectivity index (χ4v) is 1.61. The van der Waals surface area contributed by atoms with Crippen molar-refractivity contribution in [2.24, 2.45) is 0 Å². The molecule has 1 aromatic rings. The standard InChI is InChI=1S/C9H8BrClO3/c1-14-9(13)8(12)6-4-5(11)2-3-7(6)10/h2-4,8,12H,1H3/t8-/m1/s1. The van der Waals surface area contributed by atoms with E-state index in [1.165, 1.54) is 13.2 Å². The Bertz CT molecular complexity index is 354. The lowest BCUT2D eigenvalue weighted by Crippen LogP contribution is -2.13. The topological polar surface area (TPSA) is 46.5 Å². The summed E-state index contributed by atoms with van der Waals surface area (Å²) in [6.07, 6.45) is -1.31. The van der Waals surface area contributed by atoms with E-state index in [1.807, 2.05) is 0 Å². The summed E-state index contributed by atoms with van der Waals surface area (Å²) in [5.41, 5.74) is 0.393. The van der Waals surface area contributed by atoms with Gasteiger partial charge in [0.05, 0.1) is 7.11 Å². The van der Waals surface area contributed by atoms with Crippen molar-refractivity contribution in [1.29, 1.82) is 0 Å². The summed E-state index contributed by atoms with van der Waals surface area (Å²) < 4.78 is 5.02. The molecule has 0 bridgehead atoms. The van der Waals surface area contributed by atoms with Crippen molar-refractivity contribution in [1.82, 2.24) is 0 Å². The van der Waals surface area contributed by atoms with Gasteiger partial charge in [0.25, 0.3) is 0 Å². The van der Waals surface area contributed by atoms with Crippen LogP contribution in [0.2, 0.25) is 5.02 Å². The van der Waals surface area contributed by atoms with Crippen molar-refractivity contribution < 1.29 is 14.6 Å². The van der Waals surface area contributed by atoms with Gasteiger partial charge in [-0.2, -0.15) is 0 Å². The van der Waals surface area contributed by atoms with Crippen molar-refractivity contribution in [3.63, 3.8) is 0 Å². The zero-order valence-electron chi connectivity index (χ0n) is 7.33. The molecular weight excluding hydrogens is 271 g/mol. The van der Waals surface area contributed by atoms with E-state index in [4.69, 9.17) is 11.6 Å². The van der Waals surface area contributed by atoms with E-state index in [0.717, 1.165) is 0 Å². The van der Waals surface area contributed by atoms with Crippen molar-refractivity contribution in [3.8, 4) is 0 Å². The van der Waals surface area contributed by atoms with Crippen molar-refractivity contribution in [2.45, 2.75) is 6.10 Å². The predicted octanol–water partition coefficient (Wildman–Crippen LogP) is 2.31. The third-order valence-corrected chi connectivity index (χ3v) is 2.63. The Morgan fingerprint density at radius 2 is 2.29 bits per heavy atom. The lowest BCUT2D eigenvalue weighted by atomic mass is 10.1. The second kappa shape index (κ2) is 4.77. The lowest BCUT2D eigenvalue weighted by molar-refractivity contribution is -0.150. The molecule has 1 aromatic carbocycles. The molecule has 0 heterocycles. The Morgan fingerprint density at radius 3 is 2.86 bits per heavy atom. The number of aliphatic hydroxyl groups is 1. The van der Waals surface area contributed by atoms with Gasteiger partial charge in [-0.1, -0.05) is 27.5 Å². The Balaban J connectivity index is 3.05. The molecule has 0 aliphatic rings. The molecule has 0 saturated carbocycles. The van der Waals surface area contributed by atoms with Crippen LogP contribution < -0.4 is 0 Å². The van der Waals surface area contributed by atoms with Crippen LogP contribution in [0.15, 0.2) is 22.7 Å². The maximum Gasteiger partial charge on any atom is 0.339 e. The van der Waals surface area contributed by atoms with E-state index in [9.17, 15) is 9.90 Å². The molecule has 0 aromatic heterocycles. The highest BCUT2D eigenvalue weighted by molar-refractivity contribution is 9.10. The minimum absolute atomic E-state index is 0.393. The molecule has 0 aliphatic heterocycles. The zero-order chi connectivity index (χ0) is 10.7. The van der Waals surface area contributed by atoms with Gasteiger partial charge in [-0.3, -0.25) is 0 Å². The van der Waals surface area contributed by atoms with Gasteiger partial charge in [0.2, 0.25) is 0 Å². The lowest BCUT2D eigenvalue weighted by Gasteiger charge is -2.10. The first kappa shape index (κ1) is 11.5. The van der Waals surface area contributed by atoms with Gasteiger partial charge in [-0.05, 0) is 18.2 Å². The number of benzene rings is 1. The van der Waals surface area contributed by atoms with E-state index < -0.39 is 12.1 Å². The van der Waals surface area contributed by atoms with Gasteiger partial charge in [-0.15, -0.1) is 0 Å². The van der Waals surface area contributed by atoms with Gasteiger partial charge in [0.15, 0.2) is 6.10 Å². The third kappa shape index (κ3) is 2.47. The highest BCUT2D eigenvalue weighted by Gasteiger charge is 2.20. The number of methoxy groups -OCH3 is 1. The molecule has 14 heavy (non-hydrogen) atoms. The van der Waals surface area contributed by atoms with Gasteiger partial charge in [0.1, 0.15) is 0 Å². The Kier molecular flexibility index (Phi) is 3.92. The first-order valence-corrected chi connectivity index (χ1v) is 4.94. The molecule has 0 unspecified atom stereocenters. The smallest absolute Gasteiger partial charge is 0.339 e. The van der Waals surface area contributed by atoms with Crippen molar-refractivity contribution >= 4 is 33.5 Å². The number of hydrogen-bond donors (Lipinski definition) is 1. The Labute approximate surface area is 94.8 Å². The van der Waals surface area contributed by atoms with Crippen molar-refractivity contribution in [3.05, 3.63) is 33.3 Å². The van der Waals surface area contributed by atoms with Crippen LogP contribution in [0.5, 0.6) is 0 Å². The molecule has 0 fully saturated rings. The van der Waals surface area contributed by atoms with Crippen LogP contribution in [0.1, 0.15) is 11.7 Å². The highest BCUT2D eigenvalue weighted by atomic mass is 79.9. The minimum Gasteiger partial charge on any atom is -0.467 e. The highest BCUT2D eigenvalue weighted by Crippen LogP contribution is 2.27.